The molecular formula is C17H22N4O3. The molecule has 1 heterocycles. The van der Waals surface area contributed by atoms with Crippen molar-refractivity contribution < 1.29 is 9.72 Å². The molecule has 7 nitrogen and oxygen atoms in total. The molecule has 1 unspecified atom stereocenters. The van der Waals surface area contributed by atoms with E-state index in [0.717, 1.165) is 12.0 Å². The van der Waals surface area contributed by atoms with Crippen molar-refractivity contribution in [1.29, 1.82) is 0 Å². The zero-order chi connectivity index (χ0) is 17.7. The number of carbonyl (C=O) groups is 1. The fraction of sp³-hybridized carbons (Fsp3) is 0.412. The molecule has 128 valence electrons. The molecule has 2 rings (SSSR count). The number of aromatic nitrogens is 2. The normalized spacial score (nSPS) is 12.0. The number of carbonyl (C=O) groups excluding carboxylic acids is 1. The van der Waals surface area contributed by atoms with Gasteiger partial charge in [0.15, 0.2) is 0 Å². The van der Waals surface area contributed by atoms with Crippen molar-refractivity contribution in [2.24, 2.45) is 0 Å². The maximum atomic E-state index is 12.2. The SMILES string of the molecule is CCC(NC(=O)CCn1nc(C)c([N+](=O)[O-])c1C)c1ccccc1. The van der Waals surface area contributed by atoms with Crippen LogP contribution in [0.5, 0.6) is 0 Å². The fourth-order valence-electron chi connectivity index (χ4n) is 2.75. The Bertz CT molecular complexity index is 725. The number of benzene rings is 1. The average molecular weight is 330 g/mol. The van der Waals surface area contributed by atoms with Crippen molar-refractivity contribution in [3.8, 4) is 0 Å². The number of hydrogen-bond donors (Lipinski definition) is 1. The van der Waals surface area contributed by atoms with Crippen LogP contribution in [0, 0.1) is 24.0 Å². The highest BCUT2D eigenvalue weighted by molar-refractivity contribution is 5.76. The lowest BCUT2D eigenvalue weighted by molar-refractivity contribution is -0.386. The standard InChI is InChI=1S/C17H22N4O3/c1-4-15(14-8-6-5-7-9-14)18-16(22)10-11-20-13(3)17(21(23)24)12(2)19-20/h5-9,15H,4,10-11H2,1-3H3,(H,18,22). The van der Waals surface area contributed by atoms with Crippen LogP contribution in [0.4, 0.5) is 5.69 Å². The molecule has 0 bridgehead atoms. The smallest absolute Gasteiger partial charge is 0.312 e. The number of nitro groups is 1. The van der Waals surface area contributed by atoms with Gasteiger partial charge in [-0.25, -0.2) is 0 Å². The molecule has 0 spiro atoms. The Morgan fingerprint density at radius 3 is 2.54 bits per heavy atom. The number of nitrogens with zero attached hydrogens (tertiary/aromatic N) is 3. The van der Waals surface area contributed by atoms with Crippen LogP contribution in [0.1, 0.15) is 42.8 Å². The Morgan fingerprint density at radius 1 is 1.33 bits per heavy atom. The molecule has 1 atom stereocenters. The number of nitrogens with one attached hydrogen (secondary N) is 1. The highest BCUT2D eigenvalue weighted by Crippen LogP contribution is 2.22. The highest BCUT2D eigenvalue weighted by Gasteiger charge is 2.22. The summed E-state index contributed by atoms with van der Waals surface area (Å²) < 4.78 is 1.52. The van der Waals surface area contributed by atoms with Crippen molar-refractivity contribution in [2.45, 2.75) is 46.2 Å². The van der Waals surface area contributed by atoms with Gasteiger partial charge < -0.3 is 5.32 Å². The van der Waals surface area contributed by atoms with E-state index in [9.17, 15) is 14.9 Å². The predicted octanol–water partition coefficient (Wildman–Crippen LogP) is 3.07. The first-order chi connectivity index (χ1) is 11.4. The van der Waals surface area contributed by atoms with Gasteiger partial charge in [0.25, 0.3) is 0 Å². The van der Waals surface area contributed by atoms with E-state index in [1.807, 2.05) is 37.3 Å². The van der Waals surface area contributed by atoms with Crippen molar-refractivity contribution in [3.63, 3.8) is 0 Å². The van der Waals surface area contributed by atoms with Crippen LogP contribution < -0.4 is 5.32 Å². The van der Waals surface area contributed by atoms with Gasteiger partial charge >= 0.3 is 5.69 Å². The summed E-state index contributed by atoms with van der Waals surface area (Å²) in [6, 6.07) is 9.76. The van der Waals surface area contributed by atoms with Crippen LogP contribution in [0.25, 0.3) is 0 Å². The molecule has 0 saturated carbocycles. The zero-order valence-corrected chi connectivity index (χ0v) is 14.2. The third kappa shape index (κ3) is 3.98. The van der Waals surface area contributed by atoms with Crippen LogP contribution in [-0.4, -0.2) is 20.6 Å². The number of rotatable bonds is 7. The Hall–Kier alpha value is -2.70. The van der Waals surface area contributed by atoms with E-state index >= 15 is 0 Å². The Kier molecular flexibility index (Phi) is 5.68. The number of hydrogen-bond acceptors (Lipinski definition) is 4. The second kappa shape index (κ2) is 7.72. The van der Waals surface area contributed by atoms with Crippen molar-refractivity contribution in [3.05, 3.63) is 57.4 Å². The molecule has 1 N–H and O–H groups in total. The molecule has 0 saturated heterocycles. The molecule has 2 aromatic rings. The van der Waals surface area contributed by atoms with Crippen LogP contribution in [-0.2, 0) is 11.3 Å². The molecule has 0 aliphatic rings. The first-order valence-corrected chi connectivity index (χ1v) is 7.96. The minimum Gasteiger partial charge on any atom is -0.349 e. The molecule has 1 amide bonds. The second-order valence-corrected chi connectivity index (χ2v) is 5.69. The highest BCUT2D eigenvalue weighted by atomic mass is 16.6. The lowest BCUT2D eigenvalue weighted by Crippen LogP contribution is -2.29. The summed E-state index contributed by atoms with van der Waals surface area (Å²) in [4.78, 5) is 22.8. The number of amides is 1. The second-order valence-electron chi connectivity index (χ2n) is 5.69. The third-order valence-corrected chi connectivity index (χ3v) is 4.02. The largest absolute Gasteiger partial charge is 0.349 e. The summed E-state index contributed by atoms with van der Waals surface area (Å²) in [6.07, 6.45) is 1.02. The molecule has 1 aromatic heterocycles. The van der Waals surface area contributed by atoms with E-state index in [4.69, 9.17) is 0 Å². The van der Waals surface area contributed by atoms with Crippen LogP contribution in [0.2, 0.25) is 0 Å². The Balaban J connectivity index is 1.98. The van der Waals surface area contributed by atoms with E-state index in [1.165, 1.54) is 4.68 Å². The van der Waals surface area contributed by atoms with Gasteiger partial charge in [0.1, 0.15) is 11.4 Å². The predicted molar refractivity (Wildman–Crippen MR) is 90.6 cm³/mol. The minimum absolute atomic E-state index is 0.0196. The molecule has 1 aromatic carbocycles. The summed E-state index contributed by atoms with van der Waals surface area (Å²) in [5, 5.41) is 18.2. The Morgan fingerprint density at radius 2 is 2.00 bits per heavy atom. The Labute approximate surface area is 140 Å². The molecule has 24 heavy (non-hydrogen) atoms. The quantitative estimate of drug-likeness (QED) is 0.624. The van der Waals surface area contributed by atoms with Crippen LogP contribution in [0.3, 0.4) is 0 Å². The van der Waals surface area contributed by atoms with Gasteiger partial charge in [0, 0.05) is 6.42 Å². The van der Waals surface area contributed by atoms with Gasteiger partial charge in [0.05, 0.1) is 17.5 Å². The molecule has 0 radical (unpaired) electrons. The first kappa shape index (κ1) is 17.7. The lowest BCUT2D eigenvalue weighted by Gasteiger charge is -2.17. The van der Waals surface area contributed by atoms with E-state index < -0.39 is 4.92 Å². The summed E-state index contributed by atoms with van der Waals surface area (Å²) in [7, 11) is 0. The molecule has 0 fully saturated rings. The van der Waals surface area contributed by atoms with Gasteiger partial charge in [-0.05, 0) is 25.8 Å². The van der Waals surface area contributed by atoms with Gasteiger partial charge in [-0.1, -0.05) is 37.3 Å². The molecule has 0 aliphatic carbocycles. The summed E-state index contributed by atoms with van der Waals surface area (Å²) in [5.41, 5.74) is 1.93. The van der Waals surface area contributed by atoms with Gasteiger partial charge in [0.2, 0.25) is 5.91 Å². The van der Waals surface area contributed by atoms with Gasteiger partial charge in [-0.3, -0.25) is 19.6 Å². The third-order valence-electron chi connectivity index (χ3n) is 4.02. The molecular weight excluding hydrogens is 308 g/mol. The lowest BCUT2D eigenvalue weighted by atomic mass is 10.0. The fourth-order valence-corrected chi connectivity index (χ4v) is 2.75. The van der Waals surface area contributed by atoms with E-state index in [2.05, 4.69) is 10.4 Å². The summed E-state index contributed by atoms with van der Waals surface area (Å²) >= 11 is 0. The molecule has 0 aliphatic heterocycles. The van der Waals surface area contributed by atoms with Gasteiger partial charge in [-0.15, -0.1) is 0 Å². The minimum atomic E-state index is -0.434. The summed E-state index contributed by atoms with van der Waals surface area (Å²) in [6.45, 7) is 5.58. The van der Waals surface area contributed by atoms with E-state index in [0.29, 0.717) is 17.9 Å². The van der Waals surface area contributed by atoms with Crippen molar-refractivity contribution >= 4 is 11.6 Å². The topological polar surface area (TPSA) is 90.1 Å². The monoisotopic (exact) mass is 330 g/mol. The van der Waals surface area contributed by atoms with E-state index in [-0.39, 0.29) is 24.1 Å². The summed E-state index contributed by atoms with van der Waals surface area (Å²) in [5.74, 6) is -0.0964. The maximum absolute atomic E-state index is 12.2. The van der Waals surface area contributed by atoms with E-state index in [1.54, 1.807) is 13.8 Å². The molecule has 7 heteroatoms. The van der Waals surface area contributed by atoms with Crippen molar-refractivity contribution in [1.82, 2.24) is 15.1 Å². The number of aryl methyl sites for hydroxylation is 2. The maximum Gasteiger partial charge on any atom is 0.312 e. The zero-order valence-electron chi connectivity index (χ0n) is 14.2. The first-order valence-electron chi connectivity index (χ1n) is 7.96. The van der Waals surface area contributed by atoms with Crippen LogP contribution >= 0.6 is 0 Å². The van der Waals surface area contributed by atoms with Crippen molar-refractivity contribution in [2.75, 3.05) is 0 Å². The van der Waals surface area contributed by atoms with Gasteiger partial charge in [-0.2, -0.15) is 5.10 Å². The average Bonchev–Trinajstić information content (AvgIpc) is 2.85. The van der Waals surface area contributed by atoms with Crippen LogP contribution in [0.15, 0.2) is 30.3 Å².